The fourth-order valence-electron chi connectivity index (χ4n) is 1.25. The van der Waals surface area contributed by atoms with E-state index in [0.29, 0.717) is 24.3 Å². The van der Waals surface area contributed by atoms with Gasteiger partial charge >= 0.3 is 0 Å². The maximum atomic E-state index is 5.39. The normalized spacial score (nSPS) is 11.5. The first-order chi connectivity index (χ1) is 8.65. The molecule has 0 amide bonds. The Morgan fingerprint density at radius 1 is 1.50 bits per heavy atom. The molecule has 1 aromatic rings. The van der Waals surface area contributed by atoms with Crippen LogP contribution in [0.5, 0.6) is 5.88 Å². The van der Waals surface area contributed by atoms with E-state index in [1.165, 1.54) is 0 Å². The summed E-state index contributed by atoms with van der Waals surface area (Å²) in [5.41, 5.74) is 3.54. The molecule has 0 radical (unpaired) electrons. The predicted molar refractivity (Wildman–Crippen MR) is 72.1 cm³/mol. The molecular formula is C12H21N5O. The van der Waals surface area contributed by atoms with Crippen molar-refractivity contribution in [3.8, 4) is 5.88 Å². The average molecular weight is 251 g/mol. The average Bonchev–Trinajstić information content (AvgIpc) is 2.39. The van der Waals surface area contributed by atoms with Gasteiger partial charge < -0.3 is 10.1 Å². The van der Waals surface area contributed by atoms with Crippen molar-refractivity contribution in [2.45, 2.75) is 20.4 Å². The molecule has 0 fully saturated rings. The van der Waals surface area contributed by atoms with E-state index in [-0.39, 0.29) is 0 Å². The molecule has 1 heterocycles. The van der Waals surface area contributed by atoms with Gasteiger partial charge in [0, 0.05) is 18.8 Å². The number of methoxy groups -OCH3 is 1. The summed E-state index contributed by atoms with van der Waals surface area (Å²) in [6.07, 6.45) is 1.74. The maximum absolute atomic E-state index is 5.39. The molecule has 0 unspecified atom stereocenters. The molecule has 6 nitrogen and oxygen atoms in total. The largest absolute Gasteiger partial charge is 0.481 e. The molecule has 100 valence electrons. The minimum Gasteiger partial charge on any atom is -0.481 e. The Hall–Kier alpha value is -1.82. The summed E-state index contributed by atoms with van der Waals surface area (Å²) < 4.78 is 4.99. The summed E-state index contributed by atoms with van der Waals surface area (Å²) in [4.78, 5) is 8.44. The minimum atomic E-state index is 0.515. The number of rotatable bonds is 5. The second-order valence-corrected chi connectivity index (χ2v) is 4.29. The van der Waals surface area contributed by atoms with Crippen LogP contribution in [-0.4, -0.2) is 24.6 Å². The van der Waals surface area contributed by atoms with Gasteiger partial charge in [0.2, 0.25) is 11.8 Å². The number of pyridine rings is 1. The van der Waals surface area contributed by atoms with Gasteiger partial charge in [0.05, 0.1) is 13.7 Å². The molecule has 0 spiro atoms. The number of guanidine groups is 1. The van der Waals surface area contributed by atoms with Crippen molar-refractivity contribution < 1.29 is 4.74 Å². The fraction of sp³-hybridized carbons (Fsp3) is 0.500. The summed E-state index contributed by atoms with van der Waals surface area (Å²) in [5.74, 6) is 7.10. The predicted octanol–water partition coefficient (Wildman–Crippen LogP) is 0.655. The van der Waals surface area contributed by atoms with E-state index in [2.05, 4.69) is 34.6 Å². The zero-order valence-electron chi connectivity index (χ0n) is 11.1. The smallest absolute Gasteiger partial charge is 0.212 e. The standard InChI is InChI=1S/C12H21N5O/c1-9(2)6-15-12(17-13)16-8-10-4-5-11(18-3)14-7-10/h4-5,7,9H,6,8,13H2,1-3H3,(H2,15,16,17). The summed E-state index contributed by atoms with van der Waals surface area (Å²) in [6.45, 7) is 5.58. The number of aliphatic imine (C=N–C) groups is 1. The number of hydrogen-bond donors (Lipinski definition) is 3. The lowest BCUT2D eigenvalue weighted by atomic mass is 10.2. The maximum Gasteiger partial charge on any atom is 0.212 e. The van der Waals surface area contributed by atoms with Gasteiger partial charge in [-0.25, -0.2) is 15.8 Å². The first kappa shape index (κ1) is 14.2. The van der Waals surface area contributed by atoms with Crippen LogP contribution in [0.2, 0.25) is 0 Å². The zero-order valence-corrected chi connectivity index (χ0v) is 11.1. The number of ether oxygens (including phenoxy) is 1. The molecule has 0 saturated heterocycles. The van der Waals surface area contributed by atoms with Crippen molar-refractivity contribution in [3.05, 3.63) is 23.9 Å². The summed E-state index contributed by atoms with van der Waals surface area (Å²) in [6, 6.07) is 3.73. The van der Waals surface area contributed by atoms with E-state index in [0.717, 1.165) is 12.1 Å². The third kappa shape index (κ3) is 5.01. The van der Waals surface area contributed by atoms with E-state index in [9.17, 15) is 0 Å². The van der Waals surface area contributed by atoms with Crippen molar-refractivity contribution in [3.63, 3.8) is 0 Å². The van der Waals surface area contributed by atoms with Crippen LogP contribution >= 0.6 is 0 Å². The quantitative estimate of drug-likeness (QED) is 0.310. The van der Waals surface area contributed by atoms with Gasteiger partial charge in [-0.3, -0.25) is 5.43 Å². The van der Waals surface area contributed by atoms with Crippen LogP contribution in [0.15, 0.2) is 23.3 Å². The second-order valence-electron chi connectivity index (χ2n) is 4.29. The molecule has 6 heteroatoms. The first-order valence-corrected chi connectivity index (χ1v) is 5.89. The number of nitrogens with one attached hydrogen (secondary N) is 2. The van der Waals surface area contributed by atoms with Gasteiger partial charge in [0.15, 0.2) is 0 Å². The molecule has 0 aliphatic carbocycles. The Kier molecular flexibility index (Phi) is 5.93. The number of nitrogens with zero attached hydrogens (tertiary/aromatic N) is 2. The molecule has 4 N–H and O–H groups in total. The van der Waals surface area contributed by atoms with Gasteiger partial charge in [-0.05, 0) is 11.5 Å². The Balaban J connectivity index is 2.53. The van der Waals surface area contributed by atoms with Crippen molar-refractivity contribution >= 4 is 5.96 Å². The fourth-order valence-corrected chi connectivity index (χ4v) is 1.25. The van der Waals surface area contributed by atoms with E-state index in [1.807, 2.05) is 12.1 Å². The summed E-state index contributed by atoms with van der Waals surface area (Å²) in [5, 5.41) is 3.13. The lowest BCUT2D eigenvalue weighted by Crippen LogP contribution is -2.42. The molecule has 0 atom stereocenters. The summed E-state index contributed by atoms with van der Waals surface area (Å²) >= 11 is 0. The molecule has 18 heavy (non-hydrogen) atoms. The van der Waals surface area contributed by atoms with E-state index < -0.39 is 0 Å². The topological polar surface area (TPSA) is 84.6 Å². The van der Waals surface area contributed by atoms with Gasteiger partial charge in [0.1, 0.15) is 0 Å². The number of nitrogens with two attached hydrogens (primary N) is 1. The number of aromatic nitrogens is 1. The molecule has 0 aromatic carbocycles. The lowest BCUT2D eigenvalue weighted by molar-refractivity contribution is 0.397. The van der Waals surface area contributed by atoms with Crippen molar-refractivity contribution in [1.29, 1.82) is 0 Å². The summed E-state index contributed by atoms with van der Waals surface area (Å²) in [7, 11) is 1.59. The van der Waals surface area contributed by atoms with Crippen molar-refractivity contribution in [2.24, 2.45) is 16.8 Å². The molecule has 0 aliphatic rings. The van der Waals surface area contributed by atoms with E-state index in [1.54, 1.807) is 13.3 Å². The van der Waals surface area contributed by atoms with Gasteiger partial charge in [-0.15, -0.1) is 0 Å². The Morgan fingerprint density at radius 3 is 2.78 bits per heavy atom. The highest BCUT2D eigenvalue weighted by molar-refractivity contribution is 5.79. The van der Waals surface area contributed by atoms with Gasteiger partial charge in [-0.1, -0.05) is 19.9 Å². The molecule has 1 rings (SSSR count). The number of hydrazine groups is 1. The lowest BCUT2D eigenvalue weighted by Gasteiger charge is -2.11. The SMILES string of the molecule is COc1ccc(CN=C(NN)NCC(C)C)cn1. The molecule has 0 aliphatic heterocycles. The van der Waals surface area contributed by atoms with Crippen LogP contribution < -0.4 is 21.3 Å². The van der Waals surface area contributed by atoms with Crippen LogP contribution in [0.1, 0.15) is 19.4 Å². The highest BCUT2D eigenvalue weighted by Crippen LogP contribution is 2.07. The Morgan fingerprint density at radius 2 is 2.28 bits per heavy atom. The van der Waals surface area contributed by atoms with Crippen LogP contribution in [0.4, 0.5) is 0 Å². The Labute approximate surface area is 108 Å². The van der Waals surface area contributed by atoms with Gasteiger partial charge in [-0.2, -0.15) is 0 Å². The molecule has 0 bridgehead atoms. The molecule has 0 saturated carbocycles. The minimum absolute atomic E-state index is 0.515. The van der Waals surface area contributed by atoms with Gasteiger partial charge in [0.25, 0.3) is 0 Å². The van der Waals surface area contributed by atoms with E-state index in [4.69, 9.17) is 10.6 Å². The zero-order chi connectivity index (χ0) is 13.4. The third-order valence-electron chi connectivity index (χ3n) is 2.24. The van der Waals surface area contributed by atoms with Crippen molar-refractivity contribution in [2.75, 3.05) is 13.7 Å². The van der Waals surface area contributed by atoms with Crippen molar-refractivity contribution in [1.82, 2.24) is 15.7 Å². The van der Waals surface area contributed by atoms with Crippen LogP contribution in [0.3, 0.4) is 0 Å². The van der Waals surface area contributed by atoms with Crippen LogP contribution in [-0.2, 0) is 6.54 Å². The Bertz CT molecular complexity index is 375. The van der Waals surface area contributed by atoms with Crippen LogP contribution in [0, 0.1) is 5.92 Å². The molecular weight excluding hydrogens is 230 g/mol. The monoisotopic (exact) mass is 251 g/mol. The highest BCUT2D eigenvalue weighted by Gasteiger charge is 1.99. The second kappa shape index (κ2) is 7.50. The molecule has 1 aromatic heterocycles. The highest BCUT2D eigenvalue weighted by atomic mass is 16.5. The number of hydrogen-bond acceptors (Lipinski definition) is 4. The third-order valence-corrected chi connectivity index (χ3v) is 2.24. The first-order valence-electron chi connectivity index (χ1n) is 5.89. The van der Waals surface area contributed by atoms with Crippen LogP contribution in [0.25, 0.3) is 0 Å². The van der Waals surface area contributed by atoms with E-state index >= 15 is 0 Å².